The molecule has 0 aliphatic heterocycles. The van der Waals surface area contributed by atoms with Crippen LogP contribution in [0.25, 0.3) is 0 Å². The van der Waals surface area contributed by atoms with Crippen LogP contribution in [-0.4, -0.2) is 48.2 Å². The number of hydrogen-bond acceptors (Lipinski definition) is 6. The minimum atomic E-state index is -0.447. The van der Waals surface area contributed by atoms with Gasteiger partial charge in [0, 0.05) is 30.8 Å². The second kappa shape index (κ2) is 11.4. The molecule has 8 heteroatoms. The molecule has 0 aliphatic carbocycles. The van der Waals surface area contributed by atoms with Crippen LogP contribution < -0.4 is 5.32 Å². The van der Waals surface area contributed by atoms with Gasteiger partial charge < -0.3 is 19.7 Å². The topological polar surface area (TPSA) is 80.8 Å². The quantitative estimate of drug-likeness (QED) is 0.476. The number of nitrogens with zero attached hydrogens (tertiary/aromatic N) is 2. The van der Waals surface area contributed by atoms with Crippen LogP contribution in [0.4, 0.5) is 10.5 Å². The molecule has 0 saturated carbocycles. The second-order valence-corrected chi connectivity index (χ2v) is 7.06. The Morgan fingerprint density at radius 3 is 2.61 bits per heavy atom. The van der Waals surface area contributed by atoms with Crippen LogP contribution in [-0.2, 0) is 16.0 Å². The number of nitrogens with one attached hydrogen (secondary N) is 1. The van der Waals surface area contributed by atoms with E-state index in [-0.39, 0.29) is 11.7 Å². The third kappa shape index (κ3) is 6.94. The molecule has 1 heterocycles. The first kappa shape index (κ1) is 21.8. The van der Waals surface area contributed by atoms with Gasteiger partial charge in [-0.3, -0.25) is 0 Å². The molecule has 1 aromatic carbocycles. The Kier molecular flexibility index (Phi) is 8.90. The lowest BCUT2D eigenvalue weighted by atomic mass is 10.2. The van der Waals surface area contributed by atoms with E-state index in [1.54, 1.807) is 17.2 Å². The normalized spacial score (nSPS) is 10.5. The van der Waals surface area contributed by atoms with Crippen LogP contribution in [0.2, 0.25) is 0 Å². The number of esters is 1. The minimum Gasteiger partial charge on any atom is -0.461 e. The van der Waals surface area contributed by atoms with E-state index in [1.165, 1.54) is 11.3 Å². The molecule has 28 heavy (non-hydrogen) atoms. The third-order valence-corrected chi connectivity index (χ3v) is 4.71. The van der Waals surface area contributed by atoms with Gasteiger partial charge in [0.2, 0.25) is 0 Å². The van der Waals surface area contributed by atoms with Crippen molar-refractivity contribution in [3.8, 4) is 0 Å². The lowest BCUT2D eigenvalue weighted by Crippen LogP contribution is -2.35. The van der Waals surface area contributed by atoms with Crippen LogP contribution in [0.3, 0.4) is 0 Å². The fourth-order valence-electron chi connectivity index (χ4n) is 2.44. The van der Waals surface area contributed by atoms with Crippen molar-refractivity contribution >= 4 is 29.0 Å². The standard InChI is InChI=1S/C20H27N3O4S/c1-4-26-12-6-11-23(20(25)21-16-9-7-15(3)8-10-16)13-18-22-17(14-28-18)19(24)27-5-2/h7-10,14H,4-6,11-13H2,1-3H3,(H,21,25). The first-order valence-electron chi connectivity index (χ1n) is 9.35. The first-order chi connectivity index (χ1) is 13.5. The smallest absolute Gasteiger partial charge is 0.357 e. The average molecular weight is 406 g/mol. The van der Waals surface area contributed by atoms with Crippen molar-refractivity contribution in [2.45, 2.75) is 33.7 Å². The number of aromatic nitrogens is 1. The molecule has 2 rings (SSSR count). The van der Waals surface area contributed by atoms with Crippen LogP contribution in [0.1, 0.15) is 41.3 Å². The molecule has 0 aliphatic rings. The van der Waals surface area contributed by atoms with E-state index in [1.807, 2.05) is 38.1 Å². The maximum absolute atomic E-state index is 12.8. The van der Waals surface area contributed by atoms with E-state index in [0.29, 0.717) is 44.3 Å². The van der Waals surface area contributed by atoms with Crippen molar-refractivity contribution in [2.75, 3.05) is 31.7 Å². The molecule has 2 amide bonds. The summed E-state index contributed by atoms with van der Waals surface area (Å²) in [4.78, 5) is 30.5. The molecule has 1 N–H and O–H groups in total. The van der Waals surface area contributed by atoms with E-state index in [0.717, 1.165) is 11.3 Å². The number of urea groups is 1. The van der Waals surface area contributed by atoms with E-state index >= 15 is 0 Å². The number of rotatable bonds is 10. The highest BCUT2D eigenvalue weighted by atomic mass is 32.1. The summed E-state index contributed by atoms with van der Waals surface area (Å²) >= 11 is 1.34. The Hall–Kier alpha value is -2.45. The maximum atomic E-state index is 12.8. The Bertz CT molecular complexity index is 761. The van der Waals surface area contributed by atoms with Crippen LogP contribution in [0.5, 0.6) is 0 Å². The zero-order valence-corrected chi connectivity index (χ0v) is 17.4. The summed E-state index contributed by atoms with van der Waals surface area (Å²) in [5, 5.41) is 5.25. The van der Waals surface area contributed by atoms with Crippen molar-refractivity contribution in [3.63, 3.8) is 0 Å². The Morgan fingerprint density at radius 2 is 1.93 bits per heavy atom. The molecule has 0 spiro atoms. The van der Waals surface area contributed by atoms with Gasteiger partial charge >= 0.3 is 12.0 Å². The average Bonchev–Trinajstić information content (AvgIpc) is 3.15. The lowest BCUT2D eigenvalue weighted by molar-refractivity contribution is 0.0520. The molecule has 0 bridgehead atoms. The summed E-state index contributed by atoms with van der Waals surface area (Å²) in [6.45, 7) is 8.04. The van der Waals surface area contributed by atoms with Crippen LogP contribution in [0.15, 0.2) is 29.6 Å². The predicted octanol–water partition coefficient (Wildman–Crippen LogP) is 4.09. The Labute approximate surface area is 169 Å². The summed E-state index contributed by atoms with van der Waals surface area (Å²) in [7, 11) is 0. The highest BCUT2D eigenvalue weighted by molar-refractivity contribution is 7.09. The molecule has 0 atom stereocenters. The lowest BCUT2D eigenvalue weighted by Gasteiger charge is -2.22. The third-order valence-electron chi connectivity index (χ3n) is 3.87. The van der Waals surface area contributed by atoms with Gasteiger partial charge in [0.25, 0.3) is 0 Å². The van der Waals surface area contributed by atoms with Gasteiger partial charge in [0.1, 0.15) is 5.01 Å². The number of amides is 2. The molecular weight excluding hydrogens is 378 g/mol. The minimum absolute atomic E-state index is 0.215. The summed E-state index contributed by atoms with van der Waals surface area (Å²) in [5.74, 6) is -0.447. The molecular formula is C20H27N3O4S. The SMILES string of the molecule is CCOCCCN(Cc1nc(C(=O)OCC)cs1)C(=O)Nc1ccc(C)cc1. The monoisotopic (exact) mass is 405 g/mol. The first-order valence-corrected chi connectivity index (χ1v) is 10.2. The Balaban J connectivity index is 2.04. The largest absolute Gasteiger partial charge is 0.461 e. The van der Waals surface area contributed by atoms with Gasteiger partial charge in [-0.1, -0.05) is 17.7 Å². The van der Waals surface area contributed by atoms with Gasteiger partial charge in [-0.15, -0.1) is 11.3 Å². The van der Waals surface area contributed by atoms with Gasteiger partial charge in [-0.05, 0) is 39.3 Å². The molecule has 2 aromatic rings. The highest BCUT2D eigenvalue weighted by Gasteiger charge is 2.18. The number of thiazole rings is 1. The van der Waals surface area contributed by atoms with Crippen LogP contribution >= 0.6 is 11.3 Å². The second-order valence-electron chi connectivity index (χ2n) is 6.12. The zero-order chi connectivity index (χ0) is 20.4. The predicted molar refractivity (Wildman–Crippen MR) is 110 cm³/mol. The molecule has 0 fully saturated rings. The van der Waals surface area contributed by atoms with Gasteiger partial charge in [0.05, 0.1) is 13.2 Å². The number of aryl methyl sites for hydroxylation is 1. The highest BCUT2D eigenvalue weighted by Crippen LogP contribution is 2.16. The van der Waals surface area contributed by atoms with Gasteiger partial charge in [-0.2, -0.15) is 0 Å². The number of carbonyl (C=O) groups excluding carboxylic acids is 2. The number of hydrogen-bond donors (Lipinski definition) is 1. The van der Waals surface area contributed by atoms with Crippen molar-refractivity contribution in [2.24, 2.45) is 0 Å². The van der Waals surface area contributed by atoms with Crippen molar-refractivity contribution in [1.29, 1.82) is 0 Å². The van der Waals surface area contributed by atoms with Gasteiger partial charge in [-0.25, -0.2) is 14.6 Å². The molecule has 152 valence electrons. The van der Waals surface area contributed by atoms with E-state index < -0.39 is 5.97 Å². The fraction of sp³-hybridized carbons (Fsp3) is 0.450. The molecule has 0 unspecified atom stereocenters. The molecule has 1 aromatic heterocycles. The molecule has 7 nitrogen and oxygen atoms in total. The van der Waals surface area contributed by atoms with Gasteiger partial charge in [0.15, 0.2) is 5.69 Å². The number of ether oxygens (including phenoxy) is 2. The van der Waals surface area contributed by atoms with E-state index in [2.05, 4.69) is 10.3 Å². The Morgan fingerprint density at radius 1 is 1.18 bits per heavy atom. The molecule has 0 radical (unpaired) electrons. The summed E-state index contributed by atoms with van der Waals surface area (Å²) in [5.41, 5.74) is 2.13. The molecule has 0 saturated heterocycles. The van der Waals surface area contributed by atoms with Crippen molar-refractivity contribution in [1.82, 2.24) is 9.88 Å². The zero-order valence-electron chi connectivity index (χ0n) is 16.6. The van der Waals surface area contributed by atoms with E-state index in [4.69, 9.17) is 9.47 Å². The van der Waals surface area contributed by atoms with Crippen LogP contribution in [0, 0.1) is 6.92 Å². The number of carbonyl (C=O) groups is 2. The summed E-state index contributed by atoms with van der Waals surface area (Å²) < 4.78 is 10.3. The summed E-state index contributed by atoms with van der Waals surface area (Å²) in [6, 6.07) is 7.42. The van der Waals surface area contributed by atoms with E-state index in [9.17, 15) is 9.59 Å². The fourth-order valence-corrected chi connectivity index (χ4v) is 3.22. The van der Waals surface area contributed by atoms with Crippen molar-refractivity contribution < 1.29 is 19.1 Å². The maximum Gasteiger partial charge on any atom is 0.357 e. The number of benzene rings is 1. The number of anilines is 1. The van der Waals surface area contributed by atoms with Crippen molar-refractivity contribution in [3.05, 3.63) is 45.9 Å². The summed E-state index contributed by atoms with van der Waals surface area (Å²) in [6.07, 6.45) is 0.714.